The van der Waals surface area contributed by atoms with Gasteiger partial charge in [0.2, 0.25) is 0 Å². The van der Waals surface area contributed by atoms with Gasteiger partial charge < -0.3 is 9.47 Å². The maximum atomic E-state index is 12.3. The van der Waals surface area contributed by atoms with Gasteiger partial charge in [-0.3, -0.25) is 4.90 Å². The Morgan fingerprint density at radius 3 is 3.14 bits per heavy atom. The molecule has 0 saturated carbocycles. The monoisotopic (exact) mass is 326 g/mol. The van der Waals surface area contributed by atoms with Gasteiger partial charge in [0.1, 0.15) is 10.8 Å². The zero-order valence-corrected chi connectivity index (χ0v) is 12.6. The number of rotatable bonds is 5. The number of hydrogen-bond acceptors (Lipinski definition) is 5. The van der Waals surface area contributed by atoms with E-state index in [1.54, 1.807) is 29.7 Å². The van der Waals surface area contributed by atoms with Crippen LogP contribution in [0.1, 0.15) is 16.7 Å². The summed E-state index contributed by atoms with van der Waals surface area (Å²) in [6.07, 6.45) is 1.65. The molecule has 1 aliphatic rings. The van der Waals surface area contributed by atoms with Gasteiger partial charge in [-0.05, 0) is 17.7 Å². The lowest BCUT2D eigenvalue weighted by molar-refractivity contribution is -0.0509. The van der Waals surface area contributed by atoms with E-state index in [2.05, 4.69) is 14.6 Å². The lowest BCUT2D eigenvalue weighted by atomic mass is 10.1. The Balaban J connectivity index is 1.66. The molecule has 2 heterocycles. The fourth-order valence-electron chi connectivity index (χ4n) is 2.46. The molecule has 1 fully saturated rings. The molecule has 4 nitrogen and oxygen atoms in total. The molecule has 0 bridgehead atoms. The molecular formula is C15H16F2N2O2S. The van der Waals surface area contributed by atoms with Crippen molar-refractivity contribution < 1.29 is 18.3 Å². The SMILES string of the molecule is FC(F)Oc1cccc([C@@H]2CN(Cc3nccs3)CCO2)c1. The molecular weight excluding hydrogens is 310 g/mol. The molecule has 22 heavy (non-hydrogen) atoms. The molecule has 7 heteroatoms. The number of alkyl halides is 2. The van der Waals surface area contributed by atoms with Crippen LogP contribution in [0.3, 0.4) is 0 Å². The first-order valence-electron chi connectivity index (χ1n) is 6.98. The Morgan fingerprint density at radius 2 is 2.36 bits per heavy atom. The van der Waals surface area contributed by atoms with E-state index in [1.165, 1.54) is 6.07 Å². The fourth-order valence-corrected chi connectivity index (χ4v) is 3.12. The van der Waals surface area contributed by atoms with Gasteiger partial charge in [-0.2, -0.15) is 8.78 Å². The molecule has 1 aromatic carbocycles. The van der Waals surface area contributed by atoms with Crippen LogP contribution in [0.5, 0.6) is 5.75 Å². The molecule has 0 N–H and O–H groups in total. The van der Waals surface area contributed by atoms with Crippen molar-refractivity contribution in [3.63, 3.8) is 0 Å². The average molecular weight is 326 g/mol. The summed E-state index contributed by atoms with van der Waals surface area (Å²) in [6, 6.07) is 6.71. The van der Waals surface area contributed by atoms with Crippen LogP contribution in [-0.2, 0) is 11.3 Å². The first kappa shape index (κ1) is 15.3. The van der Waals surface area contributed by atoms with Crippen molar-refractivity contribution in [3.8, 4) is 5.75 Å². The highest BCUT2D eigenvalue weighted by molar-refractivity contribution is 7.09. The number of ether oxygens (including phenoxy) is 2. The summed E-state index contributed by atoms with van der Waals surface area (Å²) in [5.41, 5.74) is 0.849. The molecule has 1 aromatic heterocycles. The van der Waals surface area contributed by atoms with Gasteiger partial charge >= 0.3 is 6.61 Å². The molecule has 0 amide bonds. The summed E-state index contributed by atoms with van der Waals surface area (Å²) in [4.78, 5) is 6.55. The van der Waals surface area contributed by atoms with E-state index < -0.39 is 6.61 Å². The summed E-state index contributed by atoms with van der Waals surface area (Å²) in [7, 11) is 0. The van der Waals surface area contributed by atoms with Crippen LogP contribution in [0.4, 0.5) is 8.78 Å². The lowest BCUT2D eigenvalue weighted by Gasteiger charge is -2.32. The van der Waals surface area contributed by atoms with Gasteiger partial charge in [-0.15, -0.1) is 11.3 Å². The number of aromatic nitrogens is 1. The smallest absolute Gasteiger partial charge is 0.387 e. The number of halogens is 2. The van der Waals surface area contributed by atoms with Crippen molar-refractivity contribution in [2.45, 2.75) is 19.3 Å². The van der Waals surface area contributed by atoms with E-state index in [4.69, 9.17) is 4.74 Å². The standard InChI is InChI=1S/C15H16F2N2O2S/c16-15(17)21-12-3-1-2-11(8-12)13-9-19(5-6-20-13)10-14-18-4-7-22-14/h1-4,7-8,13,15H,5-6,9-10H2/t13-/m0/s1. The number of nitrogens with zero attached hydrogens (tertiary/aromatic N) is 2. The van der Waals surface area contributed by atoms with Gasteiger partial charge in [0.25, 0.3) is 0 Å². The van der Waals surface area contributed by atoms with Crippen LogP contribution in [0, 0.1) is 0 Å². The molecule has 0 aliphatic carbocycles. The quantitative estimate of drug-likeness (QED) is 0.844. The predicted molar refractivity (Wildman–Crippen MR) is 79.2 cm³/mol. The topological polar surface area (TPSA) is 34.6 Å². The van der Waals surface area contributed by atoms with Gasteiger partial charge in [-0.25, -0.2) is 4.98 Å². The normalized spacial score (nSPS) is 19.5. The van der Waals surface area contributed by atoms with Gasteiger partial charge in [-0.1, -0.05) is 12.1 Å². The zero-order valence-electron chi connectivity index (χ0n) is 11.8. The summed E-state index contributed by atoms with van der Waals surface area (Å²) in [5.74, 6) is 0.160. The predicted octanol–water partition coefficient (Wildman–Crippen LogP) is 3.32. The van der Waals surface area contributed by atoms with E-state index in [0.717, 1.165) is 23.7 Å². The third-order valence-corrected chi connectivity index (χ3v) is 4.21. The molecule has 2 aromatic rings. The van der Waals surface area contributed by atoms with Crippen molar-refractivity contribution >= 4 is 11.3 Å². The molecule has 3 rings (SSSR count). The van der Waals surface area contributed by atoms with Crippen molar-refractivity contribution in [1.82, 2.24) is 9.88 Å². The van der Waals surface area contributed by atoms with E-state index in [1.807, 2.05) is 11.4 Å². The third kappa shape index (κ3) is 4.00. The second kappa shape index (κ2) is 7.13. The van der Waals surface area contributed by atoms with Gasteiger partial charge in [0.15, 0.2) is 0 Å². The summed E-state index contributed by atoms with van der Waals surface area (Å²) in [5, 5.41) is 3.02. The highest BCUT2D eigenvalue weighted by atomic mass is 32.1. The lowest BCUT2D eigenvalue weighted by Crippen LogP contribution is -2.37. The van der Waals surface area contributed by atoms with Crippen LogP contribution in [0.15, 0.2) is 35.8 Å². The van der Waals surface area contributed by atoms with Crippen LogP contribution in [-0.4, -0.2) is 36.2 Å². The second-order valence-corrected chi connectivity index (χ2v) is 5.95. The first-order valence-corrected chi connectivity index (χ1v) is 7.86. The number of morpholine rings is 1. The number of thiazole rings is 1. The van der Waals surface area contributed by atoms with E-state index >= 15 is 0 Å². The fraction of sp³-hybridized carbons (Fsp3) is 0.400. The minimum Gasteiger partial charge on any atom is -0.435 e. The van der Waals surface area contributed by atoms with E-state index in [0.29, 0.717) is 13.2 Å². The Kier molecular flexibility index (Phi) is 4.97. The van der Waals surface area contributed by atoms with E-state index in [9.17, 15) is 8.78 Å². The van der Waals surface area contributed by atoms with Crippen LogP contribution in [0.25, 0.3) is 0 Å². The second-order valence-electron chi connectivity index (χ2n) is 4.97. The van der Waals surface area contributed by atoms with Crippen LogP contribution < -0.4 is 4.74 Å². The van der Waals surface area contributed by atoms with Gasteiger partial charge in [0, 0.05) is 24.7 Å². The minimum absolute atomic E-state index is 0.144. The van der Waals surface area contributed by atoms with Crippen molar-refractivity contribution in [3.05, 3.63) is 46.4 Å². The minimum atomic E-state index is -2.82. The van der Waals surface area contributed by atoms with Crippen molar-refractivity contribution in [2.75, 3.05) is 19.7 Å². The summed E-state index contributed by atoms with van der Waals surface area (Å²) >= 11 is 1.63. The Morgan fingerprint density at radius 1 is 1.45 bits per heavy atom. The highest BCUT2D eigenvalue weighted by Gasteiger charge is 2.23. The molecule has 1 saturated heterocycles. The van der Waals surface area contributed by atoms with Crippen LogP contribution >= 0.6 is 11.3 Å². The molecule has 1 aliphatic heterocycles. The average Bonchev–Trinajstić information content (AvgIpc) is 3.00. The van der Waals surface area contributed by atoms with Crippen molar-refractivity contribution in [1.29, 1.82) is 0 Å². The maximum Gasteiger partial charge on any atom is 0.387 e. The first-order chi connectivity index (χ1) is 10.7. The summed E-state index contributed by atoms with van der Waals surface area (Å²) < 4.78 is 34.8. The molecule has 0 radical (unpaired) electrons. The Bertz CT molecular complexity index is 595. The highest BCUT2D eigenvalue weighted by Crippen LogP contribution is 2.27. The molecule has 118 valence electrons. The van der Waals surface area contributed by atoms with E-state index in [-0.39, 0.29) is 11.9 Å². The molecule has 0 spiro atoms. The number of benzene rings is 1. The molecule has 1 atom stereocenters. The largest absolute Gasteiger partial charge is 0.435 e. The molecule has 0 unspecified atom stereocenters. The van der Waals surface area contributed by atoms with Gasteiger partial charge in [0.05, 0.1) is 19.3 Å². The maximum absolute atomic E-state index is 12.3. The number of hydrogen-bond donors (Lipinski definition) is 0. The van der Waals surface area contributed by atoms with Crippen LogP contribution in [0.2, 0.25) is 0 Å². The summed E-state index contributed by atoms with van der Waals surface area (Å²) in [6.45, 7) is 0.116. The zero-order chi connectivity index (χ0) is 15.4. The Labute approximate surface area is 131 Å². The Hall–Kier alpha value is -1.57. The third-order valence-electron chi connectivity index (χ3n) is 3.45. The van der Waals surface area contributed by atoms with Crippen molar-refractivity contribution in [2.24, 2.45) is 0 Å².